The fraction of sp³-hybridized carbons (Fsp3) is 0.0556. The van der Waals surface area contributed by atoms with Crippen molar-refractivity contribution < 1.29 is 18.1 Å². The quantitative estimate of drug-likeness (QED) is 0.580. The van der Waals surface area contributed by atoms with E-state index in [2.05, 4.69) is 20.4 Å². The summed E-state index contributed by atoms with van der Waals surface area (Å²) in [7, 11) is 0. The van der Waals surface area contributed by atoms with Crippen LogP contribution in [0.1, 0.15) is 6.92 Å². The lowest BCUT2D eigenvalue weighted by Gasteiger charge is -2.04. The van der Waals surface area contributed by atoms with E-state index in [0.717, 1.165) is 6.07 Å². The van der Waals surface area contributed by atoms with Crippen molar-refractivity contribution in [3.8, 4) is 22.5 Å². The van der Waals surface area contributed by atoms with Gasteiger partial charge in [-0.1, -0.05) is 17.3 Å². The second kappa shape index (κ2) is 6.07. The second-order valence-corrected chi connectivity index (χ2v) is 5.67. The number of anilines is 1. The van der Waals surface area contributed by atoms with Crippen LogP contribution in [-0.2, 0) is 4.79 Å². The smallest absolute Gasteiger partial charge is 0.221 e. The highest BCUT2D eigenvalue weighted by atomic mass is 19.2. The van der Waals surface area contributed by atoms with Crippen molar-refractivity contribution in [1.82, 2.24) is 15.1 Å². The third-order valence-electron chi connectivity index (χ3n) is 3.91. The van der Waals surface area contributed by atoms with Crippen molar-refractivity contribution in [2.75, 3.05) is 5.32 Å². The zero-order valence-electron chi connectivity index (χ0n) is 13.5. The summed E-state index contributed by atoms with van der Waals surface area (Å²) in [5.41, 5.74) is 1.98. The van der Waals surface area contributed by atoms with Crippen LogP contribution in [0.25, 0.3) is 33.5 Å². The van der Waals surface area contributed by atoms with Crippen molar-refractivity contribution in [2.45, 2.75) is 6.92 Å². The van der Waals surface area contributed by atoms with Crippen molar-refractivity contribution in [1.29, 1.82) is 0 Å². The molecule has 0 aliphatic heterocycles. The predicted molar refractivity (Wildman–Crippen MR) is 91.2 cm³/mol. The molecule has 1 amide bonds. The molecule has 3 heterocycles. The van der Waals surface area contributed by atoms with Gasteiger partial charge >= 0.3 is 0 Å². The molecule has 3 aromatic heterocycles. The number of benzene rings is 1. The summed E-state index contributed by atoms with van der Waals surface area (Å²) in [5, 5.41) is 7.03. The minimum Gasteiger partial charge on any atom is -0.356 e. The molecule has 0 fully saturated rings. The number of carbonyl (C=O) groups is 1. The Balaban J connectivity index is 1.88. The molecule has 8 heteroatoms. The number of H-pyrrole nitrogens is 1. The van der Waals surface area contributed by atoms with E-state index in [1.54, 1.807) is 12.3 Å². The maximum Gasteiger partial charge on any atom is 0.221 e. The number of rotatable bonds is 3. The first-order chi connectivity index (χ1) is 12.5. The zero-order chi connectivity index (χ0) is 18.3. The normalized spacial score (nSPS) is 11.0. The van der Waals surface area contributed by atoms with E-state index < -0.39 is 11.6 Å². The van der Waals surface area contributed by atoms with Crippen LogP contribution in [0, 0.1) is 11.6 Å². The first kappa shape index (κ1) is 15.9. The van der Waals surface area contributed by atoms with Crippen molar-refractivity contribution in [3.05, 3.63) is 54.5 Å². The summed E-state index contributed by atoms with van der Waals surface area (Å²) in [5.74, 6) is -1.90. The minimum absolute atomic E-state index is 0.0431. The minimum atomic E-state index is -0.978. The number of nitrogens with one attached hydrogen (secondary N) is 2. The van der Waals surface area contributed by atoms with Crippen molar-refractivity contribution in [2.24, 2.45) is 0 Å². The van der Waals surface area contributed by atoms with E-state index in [-0.39, 0.29) is 17.2 Å². The number of halogens is 2. The molecule has 130 valence electrons. The van der Waals surface area contributed by atoms with Crippen LogP contribution in [0.4, 0.5) is 14.5 Å². The Hall–Kier alpha value is -3.55. The maximum atomic E-state index is 14.2. The van der Waals surface area contributed by atoms with Crippen LogP contribution in [0.15, 0.2) is 47.4 Å². The van der Waals surface area contributed by atoms with Crippen molar-refractivity contribution in [3.63, 3.8) is 0 Å². The fourth-order valence-corrected chi connectivity index (χ4v) is 2.80. The summed E-state index contributed by atoms with van der Waals surface area (Å²) in [6.45, 7) is 1.39. The summed E-state index contributed by atoms with van der Waals surface area (Å²) >= 11 is 0. The highest BCUT2D eigenvalue weighted by Crippen LogP contribution is 2.37. The molecular formula is C18H12F2N4O2. The topological polar surface area (TPSA) is 83.8 Å². The molecule has 26 heavy (non-hydrogen) atoms. The summed E-state index contributed by atoms with van der Waals surface area (Å²) in [6, 6.07) is 5.62. The van der Waals surface area contributed by atoms with Gasteiger partial charge in [0.1, 0.15) is 5.65 Å². The lowest BCUT2D eigenvalue weighted by atomic mass is 10.0. The summed E-state index contributed by atoms with van der Waals surface area (Å²) in [4.78, 5) is 18.5. The lowest BCUT2D eigenvalue weighted by Crippen LogP contribution is -2.05. The van der Waals surface area contributed by atoms with Gasteiger partial charge in [-0.15, -0.1) is 0 Å². The average molecular weight is 354 g/mol. The molecule has 0 aliphatic rings. The number of aromatic amines is 1. The van der Waals surface area contributed by atoms with Gasteiger partial charge in [0.25, 0.3) is 0 Å². The standard InChI is InChI=1S/C18H12F2N4O2/c1-9(25)24-10-5-12-13(7-22-18(12)21-6-10)17-14(8-23-26-17)11-3-2-4-15(19)16(11)20/h2-8H,1H3,(H,21,22)(H,24,25). The highest BCUT2D eigenvalue weighted by molar-refractivity contribution is 5.99. The molecule has 0 saturated carbocycles. The maximum absolute atomic E-state index is 14.2. The first-order valence-corrected chi connectivity index (χ1v) is 7.68. The monoisotopic (exact) mass is 354 g/mol. The third-order valence-corrected chi connectivity index (χ3v) is 3.91. The molecule has 0 spiro atoms. The SMILES string of the molecule is CC(=O)Nc1cnc2[nH]cc(-c3oncc3-c3cccc(F)c3F)c2c1. The molecule has 2 N–H and O–H groups in total. The molecule has 4 rings (SSSR count). The number of carbonyl (C=O) groups excluding carboxylic acids is 1. The van der Waals surface area contributed by atoms with Crippen LogP contribution in [0.5, 0.6) is 0 Å². The van der Waals surface area contributed by atoms with Crippen LogP contribution in [0.3, 0.4) is 0 Å². The average Bonchev–Trinajstić information content (AvgIpc) is 3.22. The molecule has 0 aliphatic carbocycles. The van der Waals surface area contributed by atoms with Gasteiger partial charge in [-0.05, 0) is 12.1 Å². The summed E-state index contributed by atoms with van der Waals surface area (Å²) < 4.78 is 33.1. The van der Waals surface area contributed by atoms with Crippen LogP contribution in [0.2, 0.25) is 0 Å². The molecule has 6 nitrogen and oxygen atoms in total. The number of nitrogens with zero attached hydrogens (tertiary/aromatic N) is 2. The third kappa shape index (κ3) is 2.61. The zero-order valence-corrected chi connectivity index (χ0v) is 13.5. The van der Waals surface area contributed by atoms with Gasteiger partial charge in [-0.2, -0.15) is 0 Å². The van der Waals surface area contributed by atoms with E-state index in [9.17, 15) is 13.6 Å². The number of hydrogen-bond acceptors (Lipinski definition) is 4. The number of hydrogen-bond donors (Lipinski definition) is 2. The number of fused-ring (bicyclic) bond motifs is 1. The van der Waals surface area contributed by atoms with Gasteiger partial charge in [-0.25, -0.2) is 13.8 Å². The van der Waals surface area contributed by atoms with Gasteiger partial charge in [0.2, 0.25) is 5.91 Å². The molecule has 0 unspecified atom stereocenters. The van der Waals surface area contributed by atoms with E-state index in [1.807, 2.05) is 0 Å². The van der Waals surface area contributed by atoms with Crippen LogP contribution >= 0.6 is 0 Å². The van der Waals surface area contributed by atoms with Crippen LogP contribution < -0.4 is 5.32 Å². The van der Waals surface area contributed by atoms with Gasteiger partial charge in [0.15, 0.2) is 17.4 Å². The Morgan fingerprint density at radius 3 is 2.85 bits per heavy atom. The molecule has 1 aromatic carbocycles. The Morgan fingerprint density at radius 2 is 2.04 bits per heavy atom. The number of amides is 1. The van der Waals surface area contributed by atoms with Gasteiger partial charge in [-0.3, -0.25) is 4.79 Å². The Bertz CT molecular complexity index is 1130. The highest BCUT2D eigenvalue weighted by Gasteiger charge is 2.21. The van der Waals surface area contributed by atoms with Gasteiger partial charge < -0.3 is 14.8 Å². The predicted octanol–water partition coefficient (Wildman–Crippen LogP) is 4.12. The van der Waals surface area contributed by atoms with E-state index in [4.69, 9.17) is 4.52 Å². The molecule has 0 saturated heterocycles. The van der Waals surface area contributed by atoms with Crippen molar-refractivity contribution >= 4 is 22.6 Å². The van der Waals surface area contributed by atoms with E-state index >= 15 is 0 Å². The first-order valence-electron chi connectivity index (χ1n) is 7.68. The second-order valence-electron chi connectivity index (χ2n) is 5.67. The molecule has 0 bridgehead atoms. The van der Waals surface area contributed by atoms with E-state index in [0.29, 0.717) is 27.8 Å². The molecule has 0 atom stereocenters. The fourth-order valence-electron chi connectivity index (χ4n) is 2.80. The Kier molecular flexibility index (Phi) is 3.72. The van der Waals surface area contributed by atoms with Gasteiger partial charge in [0.05, 0.1) is 23.6 Å². The number of pyridine rings is 1. The summed E-state index contributed by atoms with van der Waals surface area (Å²) in [6.07, 6.45) is 4.48. The van der Waals surface area contributed by atoms with Gasteiger partial charge in [0, 0.05) is 29.6 Å². The van der Waals surface area contributed by atoms with E-state index in [1.165, 1.54) is 31.5 Å². The number of aromatic nitrogens is 3. The molecule has 4 aromatic rings. The largest absolute Gasteiger partial charge is 0.356 e. The Labute approximate surface area is 145 Å². The lowest BCUT2D eigenvalue weighted by molar-refractivity contribution is -0.114. The molecule has 0 radical (unpaired) electrons. The van der Waals surface area contributed by atoms with Crippen LogP contribution in [-0.4, -0.2) is 21.0 Å². The molecular weight excluding hydrogens is 342 g/mol. The Morgan fingerprint density at radius 1 is 1.19 bits per heavy atom.